The zero-order chi connectivity index (χ0) is 13.5. The molecular formula is C11H14ClF2N5. The molecule has 4 N–H and O–H groups in total. The van der Waals surface area contributed by atoms with E-state index in [0.29, 0.717) is 0 Å². The van der Waals surface area contributed by atoms with Crippen molar-refractivity contribution in [1.82, 2.24) is 0 Å². The molecule has 0 radical (unpaired) electrons. The van der Waals surface area contributed by atoms with E-state index in [4.69, 9.17) is 11.5 Å². The number of nitrogens with zero attached hydrogens (tertiary/aromatic N) is 3. The van der Waals surface area contributed by atoms with Crippen LogP contribution >= 0.6 is 12.4 Å². The minimum atomic E-state index is -0.894. The van der Waals surface area contributed by atoms with E-state index < -0.39 is 17.3 Å². The summed E-state index contributed by atoms with van der Waals surface area (Å²) in [6.45, 7) is 3.40. The Bertz CT molecular complexity index is 556. The van der Waals surface area contributed by atoms with Gasteiger partial charge in [-0.3, -0.25) is 4.90 Å². The van der Waals surface area contributed by atoms with Crippen LogP contribution in [0.15, 0.2) is 28.2 Å². The fourth-order valence-electron chi connectivity index (χ4n) is 1.88. The number of hydrogen-bond donors (Lipinski definition) is 2. The van der Waals surface area contributed by atoms with Gasteiger partial charge in [0.2, 0.25) is 11.9 Å². The van der Waals surface area contributed by atoms with E-state index in [2.05, 4.69) is 9.98 Å². The Morgan fingerprint density at radius 3 is 2.37 bits per heavy atom. The molecular weight excluding hydrogens is 276 g/mol. The SMILES string of the molecule is CC1(C)N=C(N)N=C(N)N1c1ccc(F)cc1F.Cl. The van der Waals surface area contributed by atoms with E-state index in [9.17, 15) is 8.78 Å². The third-order valence-corrected chi connectivity index (χ3v) is 2.54. The number of nitrogens with two attached hydrogens (primary N) is 2. The van der Waals surface area contributed by atoms with Crippen LogP contribution < -0.4 is 16.4 Å². The number of hydrogen-bond acceptors (Lipinski definition) is 5. The maximum absolute atomic E-state index is 13.8. The van der Waals surface area contributed by atoms with Crippen molar-refractivity contribution in [3.63, 3.8) is 0 Å². The summed E-state index contributed by atoms with van der Waals surface area (Å²) < 4.78 is 26.7. The first-order chi connectivity index (χ1) is 8.31. The average Bonchev–Trinajstić information content (AvgIpc) is 2.18. The Labute approximate surface area is 115 Å². The normalized spacial score (nSPS) is 17.4. The number of guanidine groups is 2. The van der Waals surface area contributed by atoms with E-state index in [1.165, 1.54) is 11.0 Å². The van der Waals surface area contributed by atoms with Gasteiger partial charge in [-0.2, -0.15) is 4.99 Å². The van der Waals surface area contributed by atoms with Crippen molar-refractivity contribution in [3.05, 3.63) is 29.8 Å². The number of halogens is 3. The van der Waals surface area contributed by atoms with Crippen molar-refractivity contribution in [2.75, 3.05) is 4.90 Å². The largest absolute Gasteiger partial charge is 0.369 e. The first-order valence-corrected chi connectivity index (χ1v) is 5.26. The predicted molar refractivity (Wildman–Crippen MR) is 73.4 cm³/mol. The second-order valence-electron chi connectivity index (χ2n) is 4.37. The molecule has 1 heterocycles. The van der Waals surface area contributed by atoms with Gasteiger partial charge in [-0.25, -0.2) is 13.8 Å². The van der Waals surface area contributed by atoms with Crippen molar-refractivity contribution in [1.29, 1.82) is 0 Å². The van der Waals surface area contributed by atoms with Gasteiger partial charge in [0.05, 0.1) is 5.69 Å². The zero-order valence-corrected chi connectivity index (χ0v) is 11.2. The van der Waals surface area contributed by atoms with Gasteiger partial charge in [-0.15, -0.1) is 12.4 Å². The van der Waals surface area contributed by atoms with Crippen LogP contribution in [0.4, 0.5) is 14.5 Å². The summed E-state index contributed by atoms with van der Waals surface area (Å²) >= 11 is 0. The molecule has 0 aliphatic carbocycles. The van der Waals surface area contributed by atoms with Crippen molar-refractivity contribution >= 4 is 30.0 Å². The summed E-state index contributed by atoms with van der Waals surface area (Å²) in [6.07, 6.45) is 0. The van der Waals surface area contributed by atoms with E-state index in [0.717, 1.165) is 12.1 Å². The smallest absolute Gasteiger partial charge is 0.220 e. The summed E-state index contributed by atoms with van der Waals surface area (Å²) in [5, 5.41) is 0. The highest BCUT2D eigenvalue weighted by molar-refractivity contribution is 6.05. The van der Waals surface area contributed by atoms with Gasteiger partial charge in [0, 0.05) is 6.07 Å². The van der Waals surface area contributed by atoms with Crippen LogP contribution in [0.1, 0.15) is 13.8 Å². The Morgan fingerprint density at radius 2 is 1.84 bits per heavy atom. The molecule has 0 aromatic heterocycles. The lowest BCUT2D eigenvalue weighted by atomic mass is 10.1. The molecule has 8 heteroatoms. The third-order valence-electron chi connectivity index (χ3n) is 2.54. The molecule has 0 saturated carbocycles. The van der Waals surface area contributed by atoms with Gasteiger partial charge in [-0.1, -0.05) is 0 Å². The highest BCUT2D eigenvalue weighted by atomic mass is 35.5. The standard InChI is InChI=1S/C11H13F2N5.ClH/c1-11(2)17-9(14)16-10(15)18(11)8-4-3-6(12)5-7(8)13;/h3-5H,1-2H3,(H4,14,15,16,17);1H. The average molecular weight is 290 g/mol. The van der Waals surface area contributed by atoms with Crippen LogP contribution in [-0.4, -0.2) is 17.6 Å². The molecule has 0 amide bonds. The second kappa shape index (κ2) is 5.00. The molecule has 5 nitrogen and oxygen atoms in total. The number of benzene rings is 1. The van der Waals surface area contributed by atoms with Crippen LogP contribution in [-0.2, 0) is 0 Å². The highest BCUT2D eigenvalue weighted by Crippen LogP contribution is 2.29. The molecule has 104 valence electrons. The van der Waals surface area contributed by atoms with Gasteiger partial charge in [0.25, 0.3) is 0 Å². The highest BCUT2D eigenvalue weighted by Gasteiger charge is 2.34. The molecule has 1 aliphatic heterocycles. The minimum absolute atomic E-state index is 0. The second-order valence-corrected chi connectivity index (χ2v) is 4.37. The maximum atomic E-state index is 13.8. The minimum Gasteiger partial charge on any atom is -0.369 e. The fraction of sp³-hybridized carbons (Fsp3) is 0.273. The van der Waals surface area contributed by atoms with E-state index in [1.54, 1.807) is 13.8 Å². The monoisotopic (exact) mass is 289 g/mol. The molecule has 1 aliphatic rings. The lowest BCUT2D eigenvalue weighted by molar-refractivity contribution is 0.516. The summed E-state index contributed by atoms with van der Waals surface area (Å²) in [4.78, 5) is 9.23. The molecule has 0 unspecified atom stereocenters. The summed E-state index contributed by atoms with van der Waals surface area (Å²) in [5.74, 6) is -1.37. The molecule has 0 atom stereocenters. The molecule has 0 fully saturated rings. The van der Waals surface area contributed by atoms with Gasteiger partial charge in [0.1, 0.15) is 17.3 Å². The van der Waals surface area contributed by atoms with Crippen molar-refractivity contribution < 1.29 is 8.78 Å². The van der Waals surface area contributed by atoms with Crippen LogP contribution in [0.2, 0.25) is 0 Å². The van der Waals surface area contributed by atoms with Crippen molar-refractivity contribution in [3.8, 4) is 0 Å². The zero-order valence-electron chi connectivity index (χ0n) is 10.4. The maximum Gasteiger partial charge on any atom is 0.220 e. The quantitative estimate of drug-likeness (QED) is 0.823. The van der Waals surface area contributed by atoms with E-state index in [-0.39, 0.29) is 30.0 Å². The third kappa shape index (κ3) is 2.76. The van der Waals surface area contributed by atoms with E-state index in [1.807, 2.05) is 0 Å². The summed E-state index contributed by atoms with van der Waals surface area (Å²) in [6, 6.07) is 3.20. The van der Waals surface area contributed by atoms with E-state index >= 15 is 0 Å². The van der Waals surface area contributed by atoms with Crippen molar-refractivity contribution in [2.45, 2.75) is 19.5 Å². The lowest BCUT2D eigenvalue weighted by Gasteiger charge is -2.38. The molecule has 1 aromatic rings. The summed E-state index contributed by atoms with van der Waals surface area (Å²) in [5.41, 5.74) is 10.4. The van der Waals surface area contributed by atoms with Gasteiger partial charge in [-0.05, 0) is 26.0 Å². The van der Waals surface area contributed by atoms with Crippen LogP contribution in [0.25, 0.3) is 0 Å². The van der Waals surface area contributed by atoms with Gasteiger partial charge in [0.15, 0.2) is 0 Å². The number of rotatable bonds is 1. The first kappa shape index (κ1) is 15.2. The number of aliphatic imine (C=N–C) groups is 2. The molecule has 19 heavy (non-hydrogen) atoms. The predicted octanol–water partition coefficient (Wildman–Crippen LogP) is 1.57. The van der Waals surface area contributed by atoms with Gasteiger partial charge >= 0.3 is 0 Å². The van der Waals surface area contributed by atoms with Crippen LogP contribution in [0.3, 0.4) is 0 Å². The first-order valence-electron chi connectivity index (χ1n) is 5.26. The van der Waals surface area contributed by atoms with Gasteiger partial charge < -0.3 is 11.5 Å². The number of anilines is 1. The van der Waals surface area contributed by atoms with Crippen molar-refractivity contribution in [2.24, 2.45) is 21.5 Å². The lowest BCUT2D eigenvalue weighted by Crippen LogP contribution is -2.54. The Balaban J connectivity index is 0.00000180. The molecule has 0 bridgehead atoms. The fourth-order valence-corrected chi connectivity index (χ4v) is 1.88. The summed E-state index contributed by atoms with van der Waals surface area (Å²) in [7, 11) is 0. The van der Waals surface area contributed by atoms with Crippen LogP contribution in [0.5, 0.6) is 0 Å². The molecule has 0 saturated heterocycles. The molecule has 2 rings (SSSR count). The molecule has 1 aromatic carbocycles. The Morgan fingerprint density at radius 1 is 1.21 bits per heavy atom. The van der Waals surface area contributed by atoms with Crippen LogP contribution in [0, 0.1) is 11.6 Å². The topological polar surface area (TPSA) is 80.0 Å². The Hall–Kier alpha value is -1.89. The Kier molecular flexibility index (Phi) is 4.00. The molecule has 0 spiro atoms.